The van der Waals surface area contributed by atoms with Gasteiger partial charge in [-0.15, -0.1) is 10.2 Å². The molecule has 26 heavy (non-hydrogen) atoms. The highest BCUT2D eigenvalue weighted by Gasteiger charge is 2.21. The number of rotatable bonds is 3. The van der Waals surface area contributed by atoms with Crippen molar-refractivity contribution >= 4 is 23.5 Å². The summed E-state index contributed by atoms with van der Waals surface area (Å²) in [6.07, 6.45) is 0. The van der Waals surface area contributed by atoms with Crippen molar-refractivity contribution in [3.63, 3.8) is 0 Å². The molecule has 0 bridgehead atoms. The number of aromatic nitrogens is 4. The fourth-order valence-corrected chi connectivity index (χ4v) is 3.65. The molecule has 6 heteroatoms. The van der Waals surface area contributed by atoms with Crippen LogP contribution in [-0.2, 0) is 7.05 Å². The van der Waals surface area contributed by atoms with Crippen LogP contribution in [0.1, 0.15) is 22.2 Å². The number of fused-ring (bicyclic) bond motifs is 1. The Balaban J connectivity index is 1.84. The van der Waals surface area contributed by atoms with E-state index in [4.69, 9.17) is 12.6 Å². The minimum atomic E-state index is -0.363. The Morgan fingerprint density at radius 3 is 2.69 bits per heavy atom. The molecule has 0 spiro atoms. The van der Waals surface area contributed by atoms with Crippen LogP contribution in [-0.4, -0.2) is 19.7 Å². The quantitative estimate of drug-likeness (QED) is 0.547. The second kappa shape index (κ2) is 6.46. The van der Waals surface area contributed by atoms with Gasteiger partial charge in [0.25, 0.3) is 0 Å². The van der Waals surface area contributed by atoms with Gasteiger partial charge >= 0.3 is 0 Å². The molecule has 1 unspecified atom stereocenters. The van der Waals surface area contributed by atoms with E-state index in [0.29, 0.717) is 5.82 Å². The van der Waals surface area contributed by atoms with Crippen molar-refractivity contribution in [2.24, 2.45) is 7.05 Å². The number of aryl methyl sites for hydroxylation is 1. The second-order valence-electron chi connectivity index (χ2n) is 6.35. The molecule has 2 aromatic carbocycles. The number of H-pyrrole nitrogens is 1. The van der Waals surface area contributed by atoms with E-state index in [1.54, 1.807) is 6.07 Å². The standard InChI is InChI=1S/C20H18N4OS/c1-12-6-5-7-13(10-12)19-22-23-20(24(19)2)18(26)15-11-17(25)21-16-9-4-3-8-14(15)16/h3-11,18,26H,1-2H3,(H,21,25). The van der Waals surface area contributed by atoms with Crippen molar-refractivity contribution in [1.29, 1.82) is 0 Å². The van der Waals surface area contributed by atoms with Crippen LogP contribution in [0.15, 0.2) is 59.4 Å². The molecule has 130 valence electrons. The predicted molar refractivity (Wildman–Crippen MR) is 107 cm³/mol. The predicted octanol–water partition coefficient (Wildman–Crippen LogP) is 3.65. The van der Waals surface area contributed by atoms with Crippen LogP contribution in [0.3, 0.4) is 0 Å². The van der Waals surface area contributed by atoms with Crippen molar-refractivity contribution < 1.29 is 0 Å². The van der Waals surface area contributed by atoms with Gasteiger partial charge in [0, 0.05) is 29.6 Å². The number of hydrogen-bond donors (Lipinski definition) is 2. The number of pyridine rings is 1. The van der Waals surface area contributed by atoms with Gasteiger partial charge in [0.1, 0.15) is 5.82 Å². The Morgan fingerprint density at radius 1 is 1.08 bits per heavy atom. The van der Waals surface area contributed by atoms with Crippen LogP contribution < -0.4 is 5.56 Å². The highest BCUT2D eigenvalue weighted by Crippen LogP contribution is 2.32. The summed E-state index contributed by atoms with van der Waals surface area (Å²) < 4.78 is 1.93. The first-order chi connectivity index (χ1) is 12.5. The molecule has 0 aliphatic carbocycles. The molecular weight excluding hydrogens is 344 g/mol. The van der Waals surface area contributed by atoms with Crippen molar-refractivity contribution in [3.05, 3.63) is 81.9 Å². The molecule has 2 heterocycles. The summed E-state index contributed by atoms with van der Waals surface area (Å²) in [5, 5.41) is 9.30. The third-order valence-corrected chi connectivity index (χ3v) is 5.02. The molecule has 0 aliphatic heterocycles. The molecule has 0 fully saturated rings. The molecule has 0 saturated heterocycles. The van der Waals surface area contributed by atoms with E-state index < -0.39 is 0 Å². The average molecular weight is 362 g/mol. The first-order valence-corrected chi connectivity index (χ1v) is 8.82. The number of nitrogens with one attached hydrogen (secondary N) is 1. The number of benzene rings is 2. The summed E-state index contributed by atoms with van der Waals surface area (Å²) in [6.45, 7) is 2.05. The third-order valence-electron chi connectivity index (χ3n) is 4.51. The monoisotopic (exact) mass is 362 g/mol. The van der Waals surface area contributed by atoms with Gasteiger partial charge in [-0.1, -0.05) is 42.0 Å². The molecule has 4 aromatic rings. The normalized spacial score (nSPS) is 12.4. The number of thiol groups is 1. The molecule has 0 aliphatic rings. The lowest BCUT2D eigenvalue weighted by molar-refractivity contribution is 0.821. The van der Waals surface area contributed by atoms with Crippen molar-refractivity contribution in [2.45, 2.75) is 12.2 Å². The van der Waals surface area contributed by atoms with E-state index in [9.17, 15) is 4.79 Å². The Bertz CT molecular complexity index is 1160. The van der Waals surface area contributed by atoms with Crippen LogP contribution in [0.2, 0.25) is 0 Å². The second-order valence-corrected chi connectivity index (χ2v) is 6.86. The summed E-state index contributed by atoms with van der Waals surface area (Å²) in [6, 6.07) is 17.4. The third kappa shape index (κ3) is 2.82. The van der Waals surface area contributed by atoms with Crippen LogP contribution in [0.25, 0.3) is 22.3 Å². The van der Waals surface area contributed by atoms with Crippen LogP contribution in [0.4, 0.5) is 0 Å². The maximum atomic E-state index is 12.1. The van der Waals surface area contributed by atoms with E-state index in [2.05, 4.69) is 21.2 Å². The first-order valence-electron chi connectivity index (χ1n) is 8.31. The van der Waals surface area contributed by atoms with Gasteiger partial charge < -0.3 is 9.55 Å². The summed E-state index contributed by atoms with van der Waals surface area (Å²) in [5.41, 5.74) is 3.62. The lowest BCUT2D eigenvalue weighted by atomic mass is 10.1. The van der Waals surface area contributed by atoms with E-state index in [0.717, 1.165) is 33.4 Å². The Labute approximate surface area is 156 Å². The number of nitrogens with zero attached hydrogens (tertiary/aromatic N) is 3. The number of hydrogen-bond acceptors (Lipinski definition) is 4. The topological polar surface area (TPSA) is 63.6 Å². The number of aromatic amines is 1. The lowest BCUT2D eigenvalue weighted by Crippen LogP contribution is -2.10. The molecule has 1 atom stereocenters. The van der Waals surface area contributed by atoms with Gasteiger partial charge in [0.05, 0.1) is 5.25 Å². The average Bonchev–Trinajstić information content (AvgIpc) is 3.02. The summed E-state index contributed by atoms with van der Waals surface area (Å²) in [5.74, 6) is 1.47. The smallest absolute Gasteiger partial charge is 0.248 e. The molecule has 0 radical (unpaired) electrons. The molecule has 5 nitrogen and oxygen atoms in total. The molecular formula is C20H18N4OS. The van der Waals surface area contributed by atoms with E-state index in [1.807, 2.05) is 61.0 Å². The maximum absolute atomic E-state index is 12.1. The minimum absolute atomic E-state index is 0.154. The molecule has 4 rings (SSSR count). The van der Waals surface area contributed by atoms with Crippen molar-refractivity contribution in [3.8, 4) is 11.4 Å². The minimum Gasteiger partial charge on any atom is -0.322 e. The largest absolute Gasteiger partial charge is 0.322 e. The fourth-order valence-electron chi connectivity index (χ4n) is 3.21. The zero-order valence-corrected chi connectivity index (χ0v) is 15.4. The fraction of sp³-hybridized carbons (Fsp3) is 0.150. The molecule has 2 aromatic heterocycles. The Hall–Kier alpha value is -2.86. The van der Waals surface area contributed by atoms with Gasteiger partial charge in [-0.3, -0.25) is 4.79 Å². The van der Waals surface area contributed by atoms with Crippen LogP contribution in [0, 0.1) is 6.92 Å². The first kappa shape index (κ1) is 16.6. The van der Waals surface area contributed by atoms with Gasteiger partial charge in [-0.05, 0) is 24.6 Å². The zero-order valence-electron chi connectivity index (χ0n) is 14.5. The van der Waals surface area contributed by atoms with E-state index in [-0.39, 0.29) is 10.8 Å². The van der Waals surface area contributed by atoms with Gasteiger partial charge in [0.15, 0.2) is 5.82 Å². The van der Waals surface area contributed by atoms with Gasteiger partial charge in [-0.25, -0.2) is 0 Å². The van der Waals surface area contributed by atoms with Crippen LogP contribution in [0.5, 0.6) is 0 Å². The Kier molecular flexibility index (Phi) is 4.12. The van der Waals surface area contributed by atoms with Crippen LogP contribution >= 0.6 is 12.6 Å². The van der Waals surface area contributed by atoms with E-state index >= 15 is 0 Å². The van der Waals surface area contributed by atoms with Gasteiger partial charge in [0.2, 0.25) is 5.56 Å². The van der Waals surface area contributed by atoms with E-state index in [1.165, 1.54) is 0 Å². The SMILES string of the molecule is Cc1cccc(-c2nnc(C(S)c3cc(=O)[nH]c4ccccc34)n2C)c1. The lowest BCUT2D eigenvalue weighted by Gasteiger charge is -2.13. The van der Waals surface area contributed by atoms with Crippen molar-refractivity contribution in [1.82, 2.24) is 19.7 Å². The molecule has 0 amide bonds. The number of para-hydroxylation sites is 1. The van der Waals surface area contributed by atoms with Crippen molar-refractivity contribution in [2.75, 3.05) is 0 Å². The molecule has 0 saturated carbocycles. The maximum Gasteiger partial charge on any atom is 0.248 e. The summed E-state index contributed by atoms with van der Waals surface area (Å²) in [4.78, 5) is 14.9. The highest BCUT2D eigenvalue weighted by molar-refractivity contribution is 7.80. The summed E-state index contributed by atoms with van der Waals surface area (Å²) in [7, 11) is 1.92. The summed E-state index contributed by atoms with van der Waals surface area (Å²) >= 11 is 4.77. The zero-order chi connectivity index (χ0) is 18.3. The Morgan fingerprint density at radius 2 is 1.88 bits per heavy atom. The highest BCUT2D eigenvalue weighted by atomic mass is 32.1. The molecule has 1 N–H and O–H groups in total. The van der Waals surface area contributed by atoms with Gasteiger partial charge in [-0.2, -0.15) is 12.6 Å².